The Hall–Kier alpha value is -3.79. The average Bonchev–Trinajstić information content (AvgIpc) is 2.74. The van der Waals surface area contributed by atoms with Gasteiger partial charge in [-0.1, -0.05) is 12.1 Å². The lowest BCUT2D eigenvalue weighted by atomic mass is 10.1. The predicted octanol–water partition coefficient (Wildman–Crippen LogP) is 2.96. The van der Waals surface area contributed by atoms with Gasteiger partial charge in [0.05, 0.1) is 7.11 Å². The van der Waals surface area contributed by atoms with Crippen LogP contribution in [0.25, 0.3) is 6.08 Å². The van der Waals surface area contributed by atoms with Crippen molar-refractivity contribution in [3.8, 4) is 23.3 Å². The Morgan fingerprint density at radius 3 is 2.41 bits per heavy atom. The van der Waals surface area contributed by atoms with E-state index >= 15 is 0 Å². The molecule has 2 aromatic rings. The summed E-state index contributed by atoms with van der Waals surface area (Å²) in [7, 11) is 4.81. The minimum atomic E-state index is -0.176. The number of allylic oxidation sites excluding steroid dienone is 1. The number of methoxy groups -OCH3 is 1. The van der Waals surface area contributed by atoms with Crippen LogP contribution in [-0.2, 0) is 4.79 Å². The number of ether oxygens (including phenoxy) is 3. The first kappa shape index (κ1) is 21.5. The number of carbonyl (C=O) groups is 2. The molecule has 0 fully saturated rings. The summed E-state index contributed by atoms with van der Waals surface area (Å²) in [5.41, 5.74) is 1.25. The highest BCUT2D eigenvalue weighted by Gasteiger charge is 2.07. The number of hydrogen-bond acceptors (Lipinski definition) is 6. The molecule has 2 aromatic carbocycles. The number of nitrogens with zero attached hydrogens (tertiary/aromatic N) is 2. The Kier molecular flexibility index (Phi) is 7.80. The third-order valence-corrected chi connectivity index (χ3v) is 3.91. The van der Waals surface area contributed by atoms with Crippen LogP contribution in [0.4, 0.5) is 0 Å². The van der Waals surface area contributed by atoms with Crippen molar-refractivity contribution >= 4 is 17.8 Å². The van der Waals surface area contributed by atoms with Crippen LogP contribution in [0.5, 0.6) is 17.2 Å². The van der Waals surface area contributed by atoms with Gasteiger partial charge in [-0.05, 0) is 48.0 Å². The van der Waals surface area contributed by atoms with Crippen LogP contribution in [0.15, 0.2) is 48.5 Å². The Bertz CT molecular complexity index is 927. The lowest BCUT2D eigenvalue weighted by molar-refractivity contribution is -0.130. The normalized spacial score (nSPS) is 10.3. The van der Waals surface area contributed by atoms with Crippen molar-refractivity contribution in [1.82, 2.24) is 4.90 Å². The molecular formula is C22H22N2O5. The summed E-state index contributed by atoms with van der Waals surface area (Å²) in [4.78, 5) is 25.3. The third kappa shape index (κ3) is 6.40. The van der Waals surface area contributed by atoms with Gasteiger partial charge in [-0.25, -0.2) is 0 Å². The second-order valence-corrected chi connectivity index (χ2v) is 6.16. The van der Waals surface area contributed by atoms with Crippen LogP contribution in [0.3, 0.4) is 0 Å². The van der Waals surface area contributed by atoms with Crippen LogP contribution >= 0.6 is 0 Å². The topological polar surface area (TPSA) is 88.9 Å². The van der Waals surface area contributed by atoms with Crippen molar-refractivity contribution in [3.05, 3.63) is 59.7 Å². The number of amides is 1. The molecule has 7 nitrogen and oxygen atoms in total. The first-order chi connectivity index (χ1) is 13.9. The first-order valence-electron chi connectivity index (χ1n) is 8.78. The first-order valence-corrected chi connectivity index (χ1v) is 8.78. The van der Waals surface area contributed by atoms with Gasteiger partial charge in [0.15, 0.2) is 30.5 Å². The number of ketones is 1. The van der Waals surface area contributed by atoms with Gasteiger partial charge in [0, 0.05) is 19.7 Å². The molecule has 7 heteroatoms. The van der Waals surface area contributed by atoms with Gasteiger partial charge >= 0.3 is 0 Å². The van der Waals surface area contributed by atoms with Crippen molar-refractivity contribution < 1.29 is 23.8 Å². The number of likely N-dealkylation sites (N-methyl/N-ethyl adjacent to an activating group) is 1. The zero-order valence-electron chi connectivity index (χ0n) is 16.5. The van der Waals surface area contributed by atoms with Crippen LogP contribution in [0.1, 0.15) is 15.9 Å². The van der Waals surface area contributed by atoms with Crippen LogP contribution in [0, 0.1) is 11.3 Å². The zero-order chi connectivity index (χ0) is 21.2. The van der Waals surface area contributed by atoms with E-state index in [4.69, 9.17) is 19.5 Å². The molecular weight excluding hydrogens is 372 g/mol. The summed E-state index contributed by atoms with van der Waals surface area (Å²) in [6, 6.07) is 13.6. The molecule has 150 valence electrons. The number of hydrogen-bond donors (Lipinski definition) is 0. The average molecular weight is 394 g/mol. The van der Waals surface area contributed by atoms with Gasteiger partial charge in [0.25, 0.3) is 5.91 Å². The lowest BCUT2D eigenvalue weighted by Gasteiger charge is -2.11. The summed E-state index contributed by atoms with van der Waals surface area (Å²) in [6.45, 7) is -0.136. The van der Waals surface area contributed by atoms with E-state index in [2.05, 4.69) is 0 Å². The van der Waals surface area contributed by atoms with E-state index in [1.807, 2.05) is 6.07 Å². The molecule has 0 aromatic heterocycles. The largest absolute Gasteiger partial charge is 0.493 e. The van der Waals surface area contributed by atoms with E-state index in [-0.39, 0.29) is 24.9 Å². The smallest absolute Gasteiger partial charge is 0.259 e. The van der Waals surface area contributed by atoms with Gasteiger partial charge < -0.3 is 19.1 Å². The van der Waals surface area contributed by atoms with Gasteiger partial charge in [-0.15, -0.1) is 0 Å². The van der Waals surface area contributed by atoms with E-state index in [0.29, 0.717) is 22.8 Å². The minimum absolute atomic E-state index is 0.0594. The molecule has 29 heavy (non-hydrogen) atoms. The molecule has 0 saturated carbocycles. The maximum Gasteiger partial charge on any atom is 0.259 e. The van der Waals surface area contributed by atoms with Gasteiger partial charge in [0.1, 0.15) is 11.8 Å². The van der Waals surface area contributed by atoms with Crippen molar-refractivity contribution in [3.63, 3.8) is 0 Å². The summed E-state index contributed by atoms with van der Waals surface area (Å²) in [5.74, 6) is 1.13. The molecule has 0 saturated heterocycles. The highest BCUT2D eigenvalue weighted by molar-refractivity contribution is 6.06. The van der Waals surface area contributed by atoms with Gasteiger partial charge in [-0.2, -0.15) is 5.26 Å². The Balaban J connectivity index is 2.01. The quantitative estimate of drug-likeness (QED) is 0.480. The molecule has 0 spiro atoms. The number of rotatable bonds is 9. The van der Waals surface area contributed by atoms with E-state index in [1.54, 1.807) is 62.6 Å². The minimum Gasteiger partial charge on any atom is -0.493 e. The summed E-state index contributed by atoms with van der Waals surface area (Å²) in [5, 5.41) is 8.60. The SMILES string of the molecule is COc1cc(C=CC(=O)c2ccc(OCC(=O)N(C)C)cc2)ccc1OCC#N. The summed E-state index contributed by atoms with van der Waals surface area (Å²) < 4.78 is 15.9. The van der Waals surface area contributed by atoms with Crippen molar-refractivity contribution in [2.24, 2.45) is 0 Å². The van der Waals surface area contributed by atoms with Gasteiger partial charge in [-0.3, -0.25) is 9.59 Å². The second kappa shape index (κ2) is 10.5. The maximum atomic E-state index is 12.4. The molecule has 0 heterocycles. The molecule has 0 aliphatic carbocycles. The summed E-state index contributed by atoms with van der Waals surface area (Å²) in [6.07, 6.45) is 3.12. The molecule has 0 bridgehead atoms. The van der Waals surface area contributed by atoms with E-state index in [9.17, 15) is 9.59 Å². The van der Waals surface area contributed by atoms with Crippen molar-refractivity contribution in [1.29, 1.82) is 5.26 Å². The molecule has 2 rings (SSSR count). The fourth-order valence-electron chi connectivity index (χ4n) is 2.27. The molecule has 0 radical (unpaired) electrons. The number of benzene rings is 2. The second-order valence-electron chi connectivity index (χ2n) is 6.16. The number of nitriles is 1. The third-order valence-electron chi connectivity index (χ3n) is 3.91. The fourth-order valence-corrected chi connectivity index (χ4v) is 2.27. The predicted molar refractivity (Wildman–Crippen MR) is 108 cm³/mol. The van der Waals surface area contributed by atoms with Crippen LogP contribution in [-0.4, -0.2) is 51.0 Å². The Labute approximate surface area is 169 Å². The van der Waals surface area contributed by atoms with Gasteiger partial charge in [0.2, 0.25) is 0 Å². The van der Waals surface area contributed by atoms with Crippen molar-refractivity contribution in [2.75, 3.05) is 34.4 Å². The standard InChI is InChI=1S/C22H22N2O5/c1-24(2)22(26)15-29-18-8-6-17(7-9-18)19(25)10-4-16-5-11-20(28-13-12-23)21(14-16)27-3/h4-11,14H,13,15H2,1-3H3. The van der Waals surface area contributed by atoms with E-state index in [0.717, 1.165) is 5.56 Å². The summed E-state index contributed by atoms with van der Waals surface area (Å²) >= 11 is 0. The fraction of sp³-hybridized carbons (Fsp3) is 0.227. The van der Waals surface area contributed by atoms with Crippen molar-refractivity contribution in [2.45, 2.75) is 0 Å². The van der Waals surface area contributed by atoms with Crippen LogP contribution < -0.4 is 14.2 Å². The highest BCUT2D eigenvalue weighted by atomic mass is 16.5. The highest BCUT2D eigenvalue weighted by Crippen LogP contribution is 2.28. The number of carbonyl (C=O) groups excluding carboxylic acids is 2. The monoisotopic (exact) mass is 394 g/mol. The van der Waals surface area contributed by atoms with E-state index in [1.165, 1.54) is 18.1 Å². The van der Waals surface area contributed by atoms with Crippen LogP contribution in [0.2, 0.25) is 0 Å². The zero-order valence-corrected chi connectivity index (χ0v) is 16.5. The molecule has 1 amide bonds. The Morgan fingerprint density at radius 1 is 1.07 bits per heavy atom. The lowest BCUT2D eigenvalue weighted by Crippen LogP contribution is -2.27. The maximum absolute atomic E-state index is 12.4. The molecule has 0 aliphatic rings. The molecule has 0 atom stereocenters. The molecule has 0 unspecified atom stereocenters. The van der Waals surface area contributed by atoms with E-state index < -0.39 is 0 Å². The molecule has 0 aliphatic heterocycles. The Morgan fingerprint density at radius 2 is 1.79 bits per heavy atom. The molecule has 0 N–H and O–H groups in total.